The monoisotopic (exact) mass is 220 g/mol. The van der Waals surface area contributed by atoms with Crippen LogP contribution in [0.5, 0.6) is 0 Å². The Morgan fingerprint density at radius 2 is 2.47 bits per heavy atom. The first kappa shape index (κ1) is 8.74. The lowest BCUT2D eigenvalue weighted by atomic mass is 9.65. The van der Waals surface area contributed by atoms with E-state index in [9.17, 15) is 0 Å². The van der Waals surface area contributed by atoms with Crippen LogP contribution in [-0.2, 0) is 12.0 Å². The van der Waals surface area contributed by atoms with Gasteiger partial charge >= 0.3 is 0 Å². The number of piperazine rings is 1. The van der Waals surface area contributed by atoms with Crippen molar-refractivity contribution in [2.24, 2.45) is 0 Å². The molecule has 3 heteroatoms. The van der Waals surface area contributed by atoms with E-state index in [1.165, 1.54) is 38.9 Å². The number of hydrogen-bond acceptors (Lipinski definition) is 3. The predicted octanol–water partition coefficient (Wildman–Crippen LogP) is 1.57. The second-order valence-electron chi connectivity index (χ2n) is 4.98. The van der Waals surface area contributed by atoms with E-state index in [-0.39, 0.29) is 0 Å². The minimum absolute atomic E-state index is 0.417. The standard InChI is InChI=1S/C12H16N2S/c1-4-12-10(1)13-5-7-14(12)6-2-9-3-8-15-11(9)12/h3,8,10,13H,1-2,4-7H2. The van der Waals surface area contributed by atoms with Gasteiger partial charge in [-0.15, -0.1) is 11.3 Å². The summed E-state index contributed by atoms with van der Waals surface area (Å²) in [5, 5.41) is 5.99. The predicted molar refractivity (Wildman–Crippen MR) is 62.3 cm³/mol. The van der Waals surface area contributed by atoms with Gasteiger partial charge < -0.3 is 5.32 Å². The van der Waals surface area contributed by atoms with Crippen LogP contribution in [0.15, 0.2) is 11.4 Å². The summed E-state index contributed by atoms with van der Waals surface area (Å²) in [6.45, 7) is 3.71. The van der Waals surface area contributed by atoms with Crippen molar-refractivity contribution in [3.8, 4) is 0 Å². The number of rotatable bonds is 0. The van der Waals surface area contributed by atoms with Gasteiger partial charge in [0, 0.05) is 30.6 Å². The molecule has 1 saturated carbocycles. The zero-order valence-corrected chi connectivity index (χ0v) is 9.65. The van der Waals surface area contributed by atoms with Gasteiger partial charge in [0.15, 0.2) is 0 Å². The molecule has 2 nitrogen and oxygen atoms in total. The summed E-state index contributed by atoms with van der Waals surface area (Å²) in [5.41, 5.74) is 2.05. The highest BCUT2D eigenvalue weighted by molar-refractivity contribution is 7.10. The summed E-state index contributed by atoms with van der Waals surface area (Å²) in [6, 6.07) is 3.08. The molecule has 3 heterocycles. The fraction of sp³-hybridized carbons (Fsp3) is 0.667. The SMILES string of the molecule is c1cc2c(s1)C13CCC1NCCN3CC2. The number of hydrogen-bond donors (Lipinski definition) is 1. The molecule has 0 bridgehead atoms. The van der Waals surface area contributed by atoms with E-state index in [1.807, 2.05) is 11.3 Å². The normalized spacial score (nSPS) is 38.8. The molecule has 15 heavy (non-hydrogen) atoms. The molecule has 80 valence electrons. The average molecular weight is 220 g/mol. The highest BCUT2D eigenvalue weighted by Crippen LogP contribution is 2.52. The molecule has 1 aromatic heterocycles. The number of fused-ring (bicyclic) bond motifs is 1. The average Bonchev–Trinajstić information content (AvgIpc) is 2.68. The van der Waals surface area contributed by atoms with Crippen molar-refractivity contribution >= 4 is 11.3 Å². The second kappa shape index (κ2) is 2.84. The Morgan fingerprint density at radius 3 is 3.33 bits per heavy atom. The molecule has 0 aromatic carbocycles. The van der Waals surface area contributed by atoms with Crippen LogP contribution in [0, 0.1) is 0 Å². The molecule has 1 saturated heterocycles. The third-order valence-corrected chi connectivity index (χ3v) is 5.64. The minimum Gasteiger partial charge on any atom is -0.310 e. The molecule has 2 atom stereocenters. The van der Waals surface area contributed by atoms with Crippen molar-refractivity contribution in [3.63, 3.8) is 0 Å². The van der Waals surface area contributed by atoms with Gasteiger partial charge in [0.2, 0.25) is 0 Å². The second-order valence-corrected chi connectivity index (χ2v) is 5.90. The van der Waals surface area contributed by atoms with Gasteiger partial charge in [-0.2, -0.15) is 0 Å². The molecule has 1 aliphatic carbocycles. The topological polar surface area (TPSA) is 15.3 Å². The molecule has 1 spiro atoms. The fourth-order valence-electron chi connectivity index (χ4n) is 3.68. The Bertz CT molecular complexity index is 400. The maximum absolute atomic E-state index is 3.70. The van der Waals surface area contributed by atoms with Crippen LogP contribution in [-0.4, -0.2) is 30.6 Å². The molecule has 2 unspecified atom stereocenters. The molecule has 0 amide bonds. The summed E-state index contributed by atoms with van der Waals surface area (Å²) < 4.78 is 0. The molecule has 0 radical (unpaired) electrons. The van der Waals surface area contributed by atoms with Gasteiger partial charge in [0.25, 0.3) is 0 Å². The van der Waals surface area contributed by atoms with E-state index >= 15 is 0 Å². The zero-order chi connectivity index (χ0) is 9.88. The summed E-state index contributed by atoms with van der Waals surface area (Å²) in [7, 11) is 0. The Balaban J connectivity index is 1.88. The third-order valence-electron chi connectivity index (χ3n) is 4.52. The van der Waals surface area contributed by atoms with Gasteiger partial charge in [0.05, 0.1) is 5.54 Å². The largest absolute Gasteiger partial charge is 0.310 e. The first-order chi connectivity index (χ1) is 7.41. The third kappa shape index (κ3) is 0.924. The van der Waals surface area contributed by atoms with Crippen molar-refractivity contribution in [3.05, 3.63) is 21.9 Å². The lowest BCUT2D eigenvalue weighted by Gasteiger charge is -2.61. The number of nitrogens with zero attached hydrogens (tertiary/aromatic N) is 1. The van der Waals surface area contributed by atoms with Crippen molar-refractivity contribution < 1.29 is 0 Å². The molecule has 1 N–H and O–H groups in total. The van der Waals surface area contributed by atoms with Crippen molar-refractivity contribution in [2.75, 3.05) is 19.6 Å². The van der Waals surface area contributed by atoms with Crippen LogP contribution in [0.3, 0.4) is 0 Å². The quantitative estimate of drug-likeness (QED) is 0.714. The minimum atomic E-state index is 0.417. The first-order valence-corrected chi connectivity index (χ1v) is 6.84. The van der Waals surface area contributed by atoms with Gasteiger partial charge in [-0.25, -0.2) is 0 Å². The lowest BCUT2D eigenvalue weighted by molar-refractivity contribution is -0.0564. The molecule has 4 rings (SSSR count). The van der Waals surface area contributed by atoms with E-state index < -0.39 is 0 Å². The maximum atomic E-state index is 3.70. The first-order valence-electron chi connectivity index (χ1n) is 5.96. The van der Waals surface area contributed by atoms with Gasteiger partial charge in [-0.1, -0.05) is 0 Å². The highest BCUT2D eigenvalue weighted by Gasteiger charge is 2.56. The number of nitrogens with one attached hydrogen (secondary N) is 1. The van der Waals surface area contributed by atoms with Crippen molar-refractivity contribution in [2.45, 2.75) is 30.8 Å². The van der Waals surface area contributed by atoms with Gasteiger partial charge in [-0.3, -0.25) is 4.90 Å². The van der Waals surface area contributed by atoms with E-state index in [2.05, 4.69) is 21.7 Å². The molecule has 2 aliphatic heterocycles. The maximum Gasteiger partial charge on any atom is 0.0712 e. The van der Waals surface area contributed by atoms with Crippen LogP contribution in [0.1, 0.15) is 23.3 Å². The Labute approximate surface area is 94.3 Å². The Kier molecular flexibility index (Phi) is 1.66. The summed E-state index contributed by atoms with van der Waals surface area (Å²) >= 11 is 1.98. The summed E-state index contributed by atoms with van der Waals surface area (Å²) in [5.74, 6) is 0. The van der Waals surface area contributed by atoms with Crippen LogP contribution < -0.4 is 5.32 Å². The Morgan fingerprint density at radius 1 is 1.47 bits per heavy atom. The van der Waals surface area contributed by atoms with Crippen LogP contribution in [0.4, 0.5) is 0 Å². The van der Waals surface area contributed by atoms with E-state index in [1.54, 1.807) is 10.4 Å². The van der Waals surface area contributed by atoms with Crippen molar-refractivity contribution in [1.82, 2.24) is 10.2 Å². The molecule has 1 aromatic rings. The van der Waals surface area contributed by atoms with Crippen LogP contribution in [0.2, 0.25) is 0 Å². The Hall–Kier alpha value is -0.380. The zero-order valence-electron chi connectivity index (χ0n) is 8.83. The number of thiophene rings is 1. The van der Waals surface area contributed by atoms with Crippen LogP contribution >= 0.6 is 11.3 Å². The molecular weight excluding hydrogens is 204 g/mol. The highest BCUT2D eigenvalue weighted by atomic mass is 32.1. The molecule has 3 aliphatic rings. The van der Waals surface area contributed by atoms with E-state index in [4.69, 9.17) is 0 Å². The summed E-state index contributed by atoms with van der Waals surface area (Å²) in [6.07, 6.45) is 4.01. The summed E-state index contributed by atoms with van der Waals surface area (Å²) in [4.78, 5) is 4.42. The van der Waals surface area contributed by atoms with Gasteiger partial charge in [0.1, 0.15) is 0 Å². The van der Waals surface area contributed by atoms with E-state index in [0.717, 1.165) is 6.04 Å². The van der Waals surface area contributed by atoms with Crippen LogP contribution in [0.25, 0.3) is 0 Å². The fourth-order valence-corrected chi connectivity index (χ4v) is 4.95. The molecular formula is C12H16N2S. The van der Waals surface area contributed by atoms with Gasteiger partial charge in [-0.05, 0) is 36.3 Å². The van der Waals surface area contributed by atoms with Crippen molar-refractivity contribution in [1.29, 1.82) is 0 Å². The smallest absolute Gasteiger partial charge is 0.0712 e. The molecule has 2 fully saturated rings. The lowest BCUT2D eigenvalue weighted by Crippen LogP contribution is -2.71. The van der Waals surface area contributed by atoms with E-state index in [0.29, 0.717) is 5.54 Å².